The molecule has 1 heterocycles. The molecule has 8 rings (SSSR count). The molecule has 0 amide bonds. The van der Waals surface area contributed by atoms with Crippen LogP contribution in [0.3, 0.4) is 0 Å². The molecule has 1 aromatic carbocycles. The molecule has 0 aliphatic heterocycles. The molecule has 3 saturated carbocycles. The minimum atomic E-state index is -0.994. The molecule has 0 radical (unpaired) electrons. The van der Waals surface area contributed by atoms with E-state index in [4.69, 9.17) is 9.47 Å². The number of ether oxygens (including phenoxy) is 2. The number of benzene rings is 1. The number of ketones is 1. The quantitative estimate of drug-likeness (QED) is 0.114. The fourth-order valence-electron chi connectivity index (χ4n) is 11.6. The minimum absolute atomic E-state index is 0.0613. The average Bonchev–Trinajstić information content (AvgIpc) is 3.64. The molecule has 6 aliphatic rings. The van der Waals surface area contributed by atoms with E-state index >= 15 is 0 Å². The maximum atomic E-state index is 14.7. The zero-order valence-electron chi connectivity index (χ0n) is 30.4. The highest BCUT2D eigenvalue weighted by molar-refractivity contribution is 7.14. The normalized spacial score (nSPS) is 37.7. The molecular formula is C42H57NO6S. The summed E-state index contributed by atoms with van der Waals surface area (Å²) in [6.07, 6.45) is 12.5. The number of rotatable bonds is 14. The first-order valence-corrected chi connectivity index (χ1v) is 19.7. The van der Waals surface area contributed by atoms with Crippen LogP contribution in [0, 0.1) is 40.4 Å². The van der Waals surface area contributed by atoms with Crippen molar-refractivity contribution in [3.63, 3.8) is 0 Å². The Bertz CT molecular complexity index is 1610. The Labute approximate surface area is 302 Å². The Morgan fingerprint density at radius 2 is 1.76 bits per heavy atom. The van der Waals surface area contributed by atoms with Crippen LogP contribution in [0.2, 0.25) is 0 Å². The van der Waals surface area contributed by atoms with E-state index in [1.54, 1.807) is 18.4 Å². The number of carbonyl (C=O) groups is 1. The number of Topliss-reactive ketones (excluding diaryl/α,β-unsaturated/α-hetero) is 1. The summed E-state index contributed by atoms with van der Waals surface area (Å²) in [4.78, 5) is 18.8. The Kier molecular flexibility index (Phi) is 9.90. The number of aliphatic hydroxyl groups is 3. The van der Waals surface area contributed by atoms with Gasteiger partial charge in [-0.25, -0.2) is 0 Å². The highest BCUT2D eigenvalue weighted by atomic mass is 32.1. The maximum Gasteiger partial charge on any atom is 0.199 e. The van der Waals surface area contributed by atoms with Crippen molar-refractivity contribution in [2.75, 3.05) is 40.0 Å². The monoisotopic (exact) mass is 703 g/mol. The molecule has 3 fully saturated rings. The average molecular weight is 704 g/mol. The van der Waals surface area contributed by atoms with Crippen molar-refractivity contribution in [3.8, 4) is 0 Å². The van der Waals surface area contributed by atoms with Crippen LogP contribution in [0.25, 0.3) is 0 Å². The van der Waals surface area contributed by atoms with Gasteiger partial charge < -0.3 is 24.8 Å². The summed E-state index contributed by atoms with van der Waals surface area (Å²) < 4.78 is 11.3. The lowest BCUT2D eigenvalue weighted by molar-refractivity contribution is -0.177. The van der Waals surface area contributed by atoms with Gasteiger partial charge in [-0.15, -0.1) is 11.3 Å². The Morgan fingerprint density at radius 1 is 1.02 bits per heavy atom. The minimum Gasteiger partial charge on any atom is -0.393 e. The molecule has 0 saturated heterocycles. The van der Waals surface area contributed by atoms with Gasteiger partial charge in [-0.3, -0.25) is 9.69 Å². The first kappa shape index (κ1) is 36.2. The number of fused-ring (bicyclic) bond motifs is 1. The van der Waals surface area contributed by atoms with Crippen molar-refractivity contribution in [3.05, 3.63) is 81.6 Å². The molecular weight excluding hydrogens is 647 g/mol. The molecule has 272 valence electrons. The standard InChI is InChI=1S/C42H57NO6S/c1-29-11-12-34(50-29)37(46)33-24-40-19-20-42(33)35(38(40,2)16-13-31(44)23-40)14-17-39(3)36(42)15-18-41(39,47)28-43(21-8-22-48-4)25-32(45)27-49-26-30-9-6-5-7-10-30/h5-7,9-12,19-20,24,31-32,35-36,44-45,47H,8,13-18,21-23,25-28H2,1-4H3. The van der Waals surface area contributed by atoms with E-state index in [-0.39, 0.29) is 41.2 Å². The molecule has 6 aliphatic carbocycles. The zero-order valence-corrected chi connectivity index (χ0v) is 31.2. The van der Waals surface area contributed by atoms with E-state index in [0.717, 1.165) is 59.4 Å². The van der Waals surface area contributed by atoms with Crippen molar-refractivity contribution < 1.29 is 29.6 Å². The zero-order chi connectivity index (χ0) is 35.4. The number of methoxy groups -OCH3 is 1. The van der Waals surface area contributed by atoms with Crippen LogP contribution >= 0.6 is 11.3 Å². The number of thiophene rings is 1. The first-order valence-electron chi connectivity index (χ1n) is 18.9. The summed E-state index contributed by atoms with van der Waals surface area (Å²) in [7, 11) is 1.71. The highest BCUT2D eigenvalue weighted by Crippen LogP contribution is 2.78. The molecule has 2 bridgehead atoms. The lowest BCUT2D eigenvalue weighted by Gasteiger charge is -2.71. The second-order valence-electron chi connectivity index (χ2n) is 16.8. The third kappa shape index (κ3) is 5.82. The van der Waals surface area contributed by atoms with Gasteiger partial charge in [0, 0.05) is 60.0 Å². The summed E-state index contributed by atoms with van der Waals surface area (Å²) in [6.45, 7) is 9.60. The van der Waals surface area contributed by atoms with E-state index in [2.05, 4.69) is 43.9 Å². The van der Waals surface area contributed by atoms with Crippen LogP contribution < -0.4 is 0 Å². The van der Waals surface area contributed by atoms with Gasteiger partial charge in [-0.1, -0.05) is 62.4 Å². The van der Waals surface area contributed by atoms with Gasteiger partial charge in [0.05, 0.1) is 35.9 Å². The van der Waals surface area contributed by atoms with E-state index < -0.39 is 22.5 Å². The van der Waals surface area contributed by atoms with Crippen LogP contribution in [0.15, 0.2) is 66.3 Å². The van der Waals surface area contributed by atoms with Crippen molar-refractivity contribution in [1.29, 1.82) is 0 Å². The van der Waals surface area contributed by atoms with Crippen molar-refractivity contribution in [1.82, 2.24) is 4.90 Å². The fourth-order valence-corrected chi connectivity index (χ4v) is 12.4. The predicted molar refractivity (Wildman–Crippen MR) is 197 cm³/mol. The van der Waals surface area contributed by atoms with Gasteiger partial charge >= 0.3 is 0 Å². The van der Waals surface area contributed by atoms with Crippen molar-refractivity contribution in [2.45, 2.75) is 96.6 Å². The fraction of sp³-hybridized carbons (Fsp3) is 0.643. The first-order chi connectivity index (χ1) is 23.9. The van der Waals surface area contributed by atoms with Crippen molar-refractivity contribution in [2.24, 2.45) is 33.5 Å². The Balaban J connectivity index is 1.18. The molecule has 2 spiro atoms. The molecule has 2 aromatic rings. The van der Waals surface area contributed by atoms with Gasteiger partial charge in [0.25, 0.3) is 0 Å². The molecule has 7 nitrogen and oxygen atoms in total. The molecule has 8 heteroatoms. The smallest absolute Gasteiger partial charge is 0.199 e. The summed E-state index contributed by atoms with van der Waals surface area (Å²) in [5, 5.41) is 35.1. The number of aliphatic hydroxyl groups excluding tert-OH is 2. The molecule has 9 unspecified atom stereocenters. The number of allylic oxidation sites excluding steroid dienone is 4. The highest BCUT2D eigenvalue weighted by Gasteiger charge is 2.74. The van der Waals surface area contributed by atoms with Gasteiger partial charge in [0.2, 0.25) is 0 Å². The van der Waals surface area contributed by atoms with E-state index in [9.17, 15) is 20.1 Å². The summed E-state index contributed by atoms with van der Waals surface area (Å²) in [5.74, 6) is 0.478. The van der Waals surface area contributed by atoms with Crippen LogP contribution in [0.1, 0.15) is 85.3 Å². The van der Waals surface area contributed by atoms with Gasteiger partial charge in [-0.05, 0) is 93.2 Å². The molecule has 1 aromatic heterocycles. The van der Waals surface area contributed by atoms with Gasteiger partial charge in [0.1, 0.15) is 0 Å². The van der Waals surface area contributed by atoms with Crippen LogP contribution in [0.4, 0.5) is 0 Å². The lowest BCUT2D eigenvalue weighted by Crippen LogP contribution is -2.67. The SMILES string of the molecule is COCCCN(CC(O)COCc1ccccc1)CC1(O)CCC2C34C=CC5(C=C3C(=O)c3ccc(C)s3)CC(O)CCC5(C)C4CCC21C. The van der Waals surface area contributed by atoms with Crippen LogP contribution in [-0.4, -0.2) is 83.8 Å². The third-order valence-corrected chi connectivity index (χ3v) is 15.1. The second-order valence-corrected chi connectivity index (χ2v) is 18.1. The summed E-state index contributed by atoms with van der Waals surface area (Å²) in [5.41, 5.74) is -0.330. The molecule has 9 atom stereocenters. The van der Waals surface area contributed by atoms with E-state index in [1.165, 1.54) is 0 Å². The van der Waals surface area contributed by atoms with Gasteiger partial charge in [-0.2, -0.15) is 0 Å². The van der Waals surface area contributed by atoms with E-state index in [1.807, 2.05) is 42.5 Å². The number of aryl methyl sites for hydroxylation is 1. The van der Waals surface area contributed by atoms with Crippen LogP contribution in [0.5, 0.6) is 0 Å². The number of nitrogens with zero attached hydrogens (tertiary/aromatic N) is 1. The third-order valence-electron chi connectivity index (χ3n) is 14.1. The Morgan fingerprint density at radius 3 is 2.50 bits per heavy atom. The van der Waals surface area contributed by atoms with Gasteiger partial charge in [0.15, 0.2) is 5.78 Å². The predicted octanol–water partition coefficient (Wildman–Crippen LogP) is 6.75. The number of hydrogen-bond acceptors (Lipinski definition) is 8. The topological polar surface area (TPSA) is 99.5 Å². The number of hydrogen-bond donors (Lipinski definition) is 3. The lowest BCUT2D eigenvalue weighted by atomic mass is 9.32. The maximum absolute atomic E-state index is 14.7. The molecule has 3 N–H and O–H groups in total. The number of carbonyl (C=O) groups excluding carboxylic acids is 1. The van der Waals surface area contributed by atoms with E-state index in [0.29, 0.717) is 45.7 Å². The second kappa shape index (κ2) is 13.7. The summed E-state index contributed by atoms with van der Waals surface area (Å²) in [6, 6.07) is 14.0. The summed E-state index contributed by atoms with van der Waals surface area (Å²) >= 11 is 1.57. The largest absolute Gasteiger partial charge is 0.393 e. The molecule has 50 heavy (non-hydrogen) atoms. The van der Waals surface area contributed by atoms with Crippen LogP contribution in [-0.2, 0) is 16.1 Å². The Hall–Kier alpha value is -2.17. The van der Waals surface area contributed by atoms with Crippen molar-refractivity contribution >= 4 is 17.1 Å².